The largest absolute Gasteiger partial charge is 0.366 e. The molecule has 0 fully saturated rings. The third-order valence-electron chi connectivity index (χ3n) is 2.32. The van der Waals surface area contributed by atoms with Crippen LogP contribution in [0, 0.1) is 15.9 Å². The Bertz CT molecular complexity index is 558. The number of benzene rings is 1. The van der Waals surface area contributed by atoms with Crippen molar-refractivity contribution in [2.24, 2.45) is 0 Å². The molecule has 0 amide bonds. The van der Waals surface area contributed by atoms with Crippen LogP contribution >= 0.6 is 0 Å². The lowest BCUT2D eigenvalue weighted by molar-refractivity contribution is -0.385. The van der Waals surface area contributed by atoms with Gasteiger partial charge < -0.3 is 5.32 Å². The number of halogens is 1. The molecule has 0 aliphatic carbocycles. The average molecular weight is 247 g/mol. The van der Waals surface area contributed by atoms with E-state index >= 15 is 0 Å². The minimum Gasteiger partial charge on any atom is -0.366 e. The van der Waals surface area contributed by atoms with E-state index < -0.39 is 4.92 Å². The van der Waals surface area contributed by atoms with Crippen molar-refractivity contribution in [1.82, 2.24) is 4.98 Å². The van der Waals surface area contributed by atoms with Gasteiger partial charge >= 0.3 is 0 Å². The highest BCUT2D eigenvalue weighted by atomic mass is 19.1. The Hall–Kier alpha value is -2.50. The van der Waals surface area contributed by atoms with E-state index in [9.17, 15) is 14.5 Å². The van der Waals surface area contributed by atoms with Crippen LogP contribution in [0.25, 0.3) is 0 Å². The Balaban J connectivity index is 2.00. The van der Waals surface area contributed by atoms with Gasteiger partial charge in [0.2, 0.25) is 0 Å². The number of nitrogens with one attached hydrogen (secondary N) is 1. The highest BCUT2D eigenvalue weighted by Gasteiger charge is 2.04. The van der Waals surface area contributed by atoms with Crippen molar-refractivity contribution in [2.75, 3.05) is 5.32 Å². The van der Waals surface area contributed by atoms with Gasteiger partial charge in [0.25, 0.3) is 5.69 Å². The predicted octanol–water partition coefficient (Wildman–Crippen LogP) is 2.74. The molecule has 2 aromatic rings. The van der Waals surface area contributed by atoms with E-state index in [0.717, 1.165) is 5.56 Å². The van der Waals surface area contributed by atoms with Gasteiger partial charge in [-0.15, -0.1) is 0 Å². The summed E-state index contributed by atoms with van der Waals surface area (Å²) in [7, 11) is 0. The summed E-state index contributed by atoms with van der Waals surface area (Å²) in [6.07, 6.45) is 1.17. The Morgan fingerprint density at radius 2 is 2.17 bits per heavy atom. The number of pyridine rings is 1. The van der Waals surface area contributed by atoms with E-state index in [4.69, 9.17) is 0 Å². The molecule has 0 atom stereocenters. The van der Waals surface area contributed by atoms with Gasteiger partial charge in [-0.25, -0.2) is 9.37 Å². The van der Waals surface area contributed by atoms with Crippen molar-refractivity contribution in [2.45, 2.75) is 6.54 Å². The van der Waals surface area contributed by atoms with Crippen LogP contribution in [0.2, 0.25) is 0 Å². The second-order valence-corrected chi connectivity index (χ2v) is 3.64. The van der Waals surface area contributed by atoms with Gasteiger partial charge in [0.1, 0.15) is 17.8 Å². The summed E-state index contributed by atoms with van der Waals surface area (Å²) >= 11 is 0. The van der Waals surface area contributed by atoms with Crippen molar-refractivity contribution in [3.8, 4) is 0 Å². The lowest BCUT2D eigenvalue weighted by Crippen LogP contribution is -2.01. The highest BCUT2D eigenvalue weighted by Crippen LogP contribution is 2.13. The van der Waals surface area contributed by atoms with E-state index in [2.05, 4.69) is 10.3 Å². The molecule has 0 bridgehead atoms. The summed E-state index contributed by atoms with van der Waals surface area (Å²) in [4.78, 5) is 13.8. The Labute approximate surface area is 102 Å². The summed E-state index contributed by atoms with van der Waals surface area (Å²) in [5, 5.41) is 13.4. The Kier molecular flexibility index (Phi) is 3.47. The molecule has 0 radical (unpaired) electrons. The molecule has 5 nitrogen and oxygen atoms in total. The summed E-state index contributed by atoms with van der Waals surface area (Å²) in [6, 6.07) is 9.06. The van der Waals surface area contributed by atoms with Crippen LogP contribution in [0.3, 0.4) is 0 Å². The first-order chi connectivity index (χ1) is 8.65. The summed E-state index contributed by atoms with van der Waals surface area (Å²) in [5.41, 5.74) is 0.710. The molecule has 1 aromatic carbocycles. The second-order valence-electron chi connectivity index (χ2n) is 3.64. The molecule has 1 N–H and O–H groups in total. The van der Waals surface area contributed by atoms with Crippen molar-refractivity contribution in [1.29, 1.82) is 0 Å². The number of hydrogen-bond donors (Lipinski definition) is 1. The third-order valence-corrected chi connectivity index (χ3v) is 2.32. The van der Waals surface area contributed by atoms with Gasteiger partial charge in [-0.1, -0.05) is 12.1 Å². The van der Waals surface area contributed by atoms with Gasteiger partial charge in [-0.2, -0.15) is 0 Å². The fourth-order valence-corrected chi connectivity index (χ4v) is 1.44. The molecule has 18 heavy (non-hydrogen) atoms. The zero-order valence-electron chi connectivity index (χ0n) is 9.34. The number of hydrogen-bond acceptors (Lipinski definition) is 4. The summed E-state index contributed by atoms with van der Waals surface area (Å²) in [6.45, 7) is 0.405. The maximum absolute atomic E-state index is 12.9. The average Bonchev–Trinajstić information content (AvgIpc) is 2.37. The van der Waals surface area contributed by atoms with E-state index in [1.54, 1.807) is 12.1 Å². The topological polar surface area (TPSA) is 68.1 Å². The molecule has 2 rings (SSSR count). The van der Waals surface area contributed by atoms with E-state index in [0.29, 0.717) is 12.4 Å². The third kappa shape index (κ3) is 3.00. The van der Waals surface area contributed by atoms with Crippen LogP contribution in [0.1, 0.15) is 5.56 Å². The van der Waals surface area contributed by atoms with E-state index in [-0.39, 0.29) is 11.5 Å². The molecule has 0 spiro atoms. The maximum atomic E-state index is 12.9. The quantitative estimate of drug-likeness (QED) is 0.666. The van der Waals surface area contributed by atoms with E-state index in [1.807, 2.05) is 0 Å². The molecule has 0 unspecified atom stereocenters. The molecule has 1 heterocycles. The van der Waals surface area contributed by atoms with Crippen LogP contribution in [0.15, 0.2) is 42.6 Å². The van der Waals surface area contributed by atoms with Gasteiger partial charge in [-0.05, 0) is 23.8 Å². The lowest BCUT2D eigenvalue weighted by Gasteiger charge is -2.05. The summed E-state index contributed by atoms with van der Waals surface area (Å²) < 4.78 is 12.9. The van der Waals surface area contributed by atoms with Gasteiger partial charge in [0.05, 0.1) is 4.92 Å². The Morgan fingerprint density at radius 3 is 2.78 bits per heavy atom. The number of nitrogens with zero attached hydrogens (tertiary/aromatic N) is 2. The number of nitro groups is 1. The van der Waals surface area contributed by atoms with Gasteiger partial charge in [0, 0.05) is 12.6 Å². The molecule has 0 aliphatic heterocycles. The van der Waals surface area contributed by atoms with Crippen LogP contribution in [0.5, 0.6) is 0 Å². The second kappa shape index (κ2) is 5.22. The minimum atomic E-state index is -0.511. The van der Waals surface area contributed by atoms with Crippen molar-refractivity contribution in [3.05, 3.63) is 64.1 Å². The van der Waals surface area contributed by atoms with Crippen molar-refractivity contribution in [3.63, 3.8) is 0 Å². The monoisotopic (exact) mass is 247 g/mol. The van der Waals surface area contributed by atoms with Crippen LogP contribution < -0.4 is 5.32 Å². The first kappa shape index (κ1) is 12.0. The first-order valence-electron chi connectivity index (χ1n) is 5.24. The van der Waals surface area contributed by atoms with Crippen LogP contribution in [-0.4, -0.2) is 9.91 Å². The van der Waals surface area contributed by atoms with Crippen LogP contribution in [-0.2, 0) is 6.54 Å². The highest BCUT2D eigenvalue weighted by molar-refractivity contribution is 5.40. The SMILES string of the molecule is O=[N+]([O-])c1ccc(NCc2cccc(F)c2)nc1. The minimum absolute atomic E-state index is 0.0636. The summed E-state index contributed by atoms with van der Waals surface area (Å²) in [5.74, 6) is 0.204. The molecule has 92 valence electrons. The molecule has 6 heteroatoms. The molecular formula is C12H10FN3O2. The van der Waals surface area contributed by atoms with Crippen molar-refractivity contribution < 1.29 is 9.31 Å². The van der Waals surface area contributed by atoms with E-state index in [1.165, 1.54) is 30.5 Å². The fourth-order valence-electron chi connectivity index (χ4n) is 1.44. The number of rotatable bonds is 4. The smallest absolute Gasteiger partial charge is 0.287 e. The molecular weight excluding hydrogens is 237 g/mol. The molecule has 1 aromatic heterocycles. The van der Waals surface area contributed by atoms with Crippen LogP contribution in [0.4, 0.5) is 15.9 Å². The first-order valence-corrected chi connectivity index (χ1v) is 5.24. The molecule has 0 aliphatic rings. The zero-order chi connectivity index (χ0) is 13.0. The Morgan fingerprint density at radius 1 is 1.33 bits per heavy atom. The van der Waals surface area contributed by atoms with Gasteiger partial charge in [-0.3, -0.25) is 10.1 Å². The molecule has 0 saturated carbocycles. The predicted molar refractivity (Wildman–Crippen MR) is 64.6 cm³/mol. The number of aromatic nitrogens is 1. The lowest BCUT2D eigenvalue weighted by atomic mass is 10.2. The fraction of sp³-hybridized carbons (Fsp3) is 0.0833. The molecule has 0 saturated heterocycles. The zero-order valence-corrected chi connectivity index (χ0v) is 9.34. The number of anilines is 1. The standard InChI is InChI=1S/C12H10FN3O2/c13-10-3-1-2-9(6-10)7-14-12-5-4-11(8-15-12)16(17)18/h1-6,8H,7H2,(H,14,15). The van der Waals surface area contributed by atoms with Gasteiger partial charge in [0.15, 0.2) is 0 Å². The maximum Gasteiger partial charge on any atom is 0.287 e. The normalized spacial score (nSPS) is 10.1. The van der Waals surface area contributed by atoms with Crippen molar-refractivity contribution >= 4 is 11.5 Å².